The Morgan fingerprint density at radius 2 is 2.00 bits per heavy atom. The van der Waals surface area contributed by atoms with Crippen LogP contribution < -0.4 is 17.2 Å². The fourth-order valence-electron chi connectivity index (χ4n) is 2.42. The molecule has 30 heavy (non-hydrogen) atoms. The number of thioether (sulfide) groups is 1. The maximum absolute atomic E-state index is 14.3. The molecular weight excluding hydrogens is 438 g/mol. The van der Waals surface area contributed by atoms with Gasteiger partial charge in [0.05, 0.1) is 11.3 Å². The molecule has 0 amide bonds. The first-order chi connectivity index (χ1) is 14.0. The molecule has 0 aliphatic heterocycles. The van der Waals surface area contributed by atoms with Crippen LogP contribution in [0, 0.1) is 5.82 Å². The highest BCUT2D eigenvalue weighted by Gasteiger charge is 2.31. The summed E-state index contributed by atoms with van der Waals surface area (Å²) < 4.78 is 52.7. The molecule has 0 radical (unpaired) electrons. The first kappa shape index (κ1) is 23.7. The van der Waals surface area contributed by atoms with Crippen molar-refractivity contribution in [2.24, 2.45) is 22.2 Å². The van der Waals surface area contributed by atoms with Gasteiger partial charge in [-0.25, -0.2) is 14.4 Å². The Morgan fingerprint density at radius 1 is 1.30 bits per heavy atom. The molecule has 2 rings (SSSR count). The minimum atomic E-state index is -4.61. The van der Waals surface area contributed by atoms with Crippen LogP contribution in [0.1, 0.15) is 29.5 Å². The molecule has 1 aromatic heterocycles. The van der Waals surface area contributed by atoms with Crippen LogP contribution in [-0.4, -0.2) is 10.2 Å². The van der Waals surface area contributed by atoms with Gasteiger partial charge in [0.15, 0.2) is 5.17 Å². The zero-order chi connectivity index (χ0) is 22.5. The van der Waals surface area contributed by atoms with Gasteiger partial charge in [0.1, 0.15) is 16.6 Å². The van der Waals surface area contributed by atoms with E-state index in [4.69, 9.17) is 17.2 Å². The van der Waals surface area contributed by atoms with Crippen molar-refractivity contribution in [3.63, 3.8) is 0 Å². The summed E-state index contributed by atoms with van der Waals surface area (Å²) in [6, 6.07) is 2.43. The van der Waals surface area contributed by atoms with Gasteiger partial charge in [-0.15, -0.1) is 11.3 Å². The van der Waals surface area contributed by atoms with E-state index in [0.29, 0.717) is 28.9 Å². The number of aryl methyl sites for hydroxylation is 1. The number of amidine groups is 1. The third kappa shape index (κ3) is 6.49. The normalized spacial score (nSPS) is 13.0. The highest BCUT2D eigenvalue weighted by Crippen LogP contribution is 2.36. The summed E-state index contributed by atoms with van der Waals surface area (Å²) in [5, 5.41) is 0.498. The van der Waals surface area contributed by atoms with Gasteiger partial charge in [-0.3, -0.25) is 0 Å². The number of nitrogens with two attached hydrogens (primary N) is 3. The van der Waals surface area contributed by atoms with Gasteiger partial charge in [-0.05, 0) is 24.6 Å². The molecule has 5 nitrogen and oxygen atoms in total. The van der Waals surface area contributed by atoms with Crippen molar-refractivity contribution >= 4 is 28.3 Å². The summed E-state index contributed by atoms with van der Waals surface area (Å²) in [5.74, 6) is -0.519. The van der Waals surface area contributed by atoms with Gasteiger partial charge in [-0.1, -0.05) is 31.7 Å². The molecule has 11 heteroatoms. The van der Waals surface area contributed by atoms with Crippen LogP contribution in [0.5, 0.6) is 0 Å². The quantitative estimate of drug-likeness (QED) is 0.240. The van der Waals surface area contributed by atoms with Crippen molar-refractivity contribution < 1.29 is 17.6 Å². The molecule has 2 aromatic rings. The third-order valence-electron chi connectivity index (χ3n) is 3.71. The van der Waals surface area contributed by atoms with E-state index < -0.39 is 17.6 Å². The number of thiazole rings is 1. The first-order valence-corrected chi connectivity index (χ1v) is 10.6. The number of aliphatic imine (C=N–C) groups is 1. The van der Waals surface area contributed by atoms with Crippen LogP contribution in [-0.2, 0) is 18.3 Å². The lowest BCUT2D eigenvalue weighted by Gasteiger charge is -2.07. The lowest BCUT2D eigenvalue weighted by atomic mass is 10.1. The van der Waals surface area contributed by atoms with Gasteiger partial charge < -0.3 is 17.2 Å². The maximum Gasteiger partial charge on any atom is 0.416 e. The van der Waals surface area contributed by atoms with E-state index in [1.807, 2.05) is 6.92 Å². The van der Waals surface area contributed by atoms with Crippen molar-refractivity contribution in [1.82, 2.24) is 4.98 Å². The van der Waals surface area contributed by atoms with E-state index in [9.17, 15) is 17.6 Å². The molecule has 1 heterocycles. The second kappa shape index (κ2) is 9.98. The van der Waals surface area contributed by atoms with Gasteiger partial charge >= 0.3 is 6.18 Å². The number of allylic oxidation sites excluding steroid dienone is 1. The van der Waals surface area contributed by atoms with E-state index in [0.717, 1.165) is 23.4 Å². The summed E-state index contributed by atoms with van der Waals surface area (Å²) >= 11 is 2.43. The van der Waals surface area contributed by atoms with E-state index in [2.05, 4.69) is 16.6 Å². The van der Waals surface area contributed by atoms with Crippen LogP contribution in [0.25, 0.3) is 10.6 Å². The average molecular weight is 460 g/mol. The number of halogens is 4. The second-order valence-corrected chi connectivity index (χ2v) is 8.29. The molecule has 0 unspecified atom stereocenters. The molecule has 0 fully saturated rings. The number of nitrogens with zero attached hydrogens (tertiary/aromatic N) is 2. The molecule has 0 saturated heterocycles. The first-order valence-electron chi connectivity index (χ1n) is 8.75. The molecule has 6 N–H and O–H groups in total. The Kier molecular flexibility index (Phi) is 7.90. The van der Waals surface area contributed by atoms with Crippen molar-refractivity contribution in [2.75, 3.05) is 0 Å². The Balaban J connectivity index is 2.27. The molecule has 0 bridgehead atoms. The average Bonchev–Trinajstić information content (AvgIpc) is 3.01. The van der Waals surface area contributed by atoms with E-state index >= 15 is 0 Å². The minimum absolute atomic E-state index is 0.0249. The number of alkyl halides is 3. The van der Waals surface area contributed by atoms with Gasteiger partial charge in [0, 0.05) is 28.0 Å². The molecule has 162 valence electrons. The largest absolute Gasteiger partial charge is 0.416 e. The van der Waals surface area contributed by atoms with Crippen LogP contribution in [0.4, 0.5) is 17.6 Å². The summed E-state index contributed by atoms with van der Waals surface area (Å²) in [7, 11) is 0. The van der Waals surface area contributed by atoms with Crippen molar-refractivity contribution in [3.05, 3.63) is 64.3 Å². The summed E-state index contributed by atoms with van der Waals surface area (Å²) in [6.07, 6.45) is -1.72. The minimum Gasteiger partial charge on any atom is -0.399 e. The molecule has 0 aliphatic rings. The molecule has 0 spiro atoms. The highest BCUT2D eigenvalue weighted by atomic mass is 32.2. The lowest BCUT2D eigenvalue weighted by Crippen LogP contribution is -2.10. The fraction of sp³-hybridized carbons (Fsp3) is 0.263. The number of benzene rings is 1. The Morgan fingerprint density at radius 3 is 2.57 bits per heavy atom. The maximum atomic E-state index is 14.3. The number of hydrogen-bond acceptors (Lipinski definition) is 6. The molecule has 0 saturated carbocycles. The van der Waals surface area contributed by atoms with Crippen molar-refractivity contribution in [1.29, 1.82) is 0 Å². The summed E-state index contributed by atoms with van der Waals surface area (Å²) in [4.78, 5) is 9.33. The Labute approximate surface area is 179 Å². The van der Waals surface area contributed by atoms with Gasteiger partial charge in [-0.2, -0.15) is 13.2 Å². The monoisotopic (exact) mass is 459 g/mol. The Hall–Kier alpha value is -2.53. The zero-order valence-corrected chi connectivity index (χ0v) is 17.7. The highest BCUT2D eigenvalue weighted by molar-refractivity contribution is 8.13. The Bertz CT molecular complexity index is 980. The predicted molar refractivity (Wildman–Crippen MR) is 115 cm³/mol. The van der Waals surface area contributed by atoms with Crippen molar-refractivity contribution in [3.8, 4) is 10.6 Å². The smallest absolute Gasteiger partial charge is 0.399 e. The summed E-state index contributed by atoms with van der Waals surface area (Å²) in [5.41, 5.74) is 16.8. The topological polar surface area (TPSA) is 103 Å². The van der Waals surface area contributed by atoms with Crippen molar-refractivity contribution in [2.45, 2.75) is 31.7 Å². The third-order valence-corrected chi connectivity index (χ3v) is 5.71. The number of hydrogen-bond donors (Lipinski definition) is 3. The zero-order valence-electron chi connectivity index (χ0n) is 16.1. The standard InChI is InChI=1S/C19H21F4N5S2/c1-3-4-15-14(9-29-18(26)28-16(25)7-10(2)24)27-17(30-15)12-6-5-11(8-13(12)20)19(21,22)23/h5-8H,2-4,9,24-25H2,1H3,(H2,26,28)/b16-7-. The number of rotatable bonds is 7. The SMILES string of the molecule is C=C(N)/C=C(N)\N=C(/N)SCc1nc(-c2ccc(C(F)(F)F)cc2F)sc1CCC. The molecule has 0 atom stereocenters. The van der Waals surface area contributed by atoms with Gasteiger partial charge in [0.25, 0.3) is 0 Å². The van der Waals surface area contributed by atoms with E-state index in [-0.39, 0.29) is 22.2 Å². The van der Waals surface area contributed by atoms with Crippen LogP contribution in [0.3, 0.4) is 0 Å². The summed E-state index contributed by atoms with van der Waals surface area (Å²) in [6.45, 7) is 5.47. The van der Waals surface area contributed by atoms with Crippen LogP contribution >= 0.6 is 23.1 Å². The second-order valence-electron chi connectivity index (χ2n) is 6.21. The van der Waals surface area contributed by atoms with Crippen LogP contribution in [0.15, 0.2) is 47.4 Å². The molecular formula is C19H21F4N5S2. The predicted octanol–water partition coefficient (Wildman–Crippen LogP) is 4.74. The lowest BCUT2D eigenvalue weighted by molar-refractivity contribution is -0.137. The fourth-order valence-corrected chi connectivity index (χ4v) is 4.41. The number of aromatic nitrogens is 1. The van der Waals surface area contributed by atoms with E-state index in [1.54, 1.807) is 0 Å². The molecule has 0 aliphatic carbocycles. The van der Waals surface area contributed by atoms with E-state index in [1.165, 1.54) is 29.2 Å². The van der Waals surface area contributed by atoms with Crippen LogP contribution in [0.2, 0.25) is 0 Å². The van der Waals surface area contributed by atoms with Gasteiger partial charge in [0.2, 0.25) is 0 Å². The molecule has 1 aromatic carbocycles.